The first kappa shape index (κ1) is 23.7. The summed E-state index contributed by atoms with van der Waals surface area (Å²) in [7, 11) is 0. The lowest BCUT2D eigenvalue weighted by atomic mass is 9.99. The largest absolute Gasteiger partial charge is 0.478 e. The summed E-state index contributed by atoms with van der Waals surface area (Å²) in [4.78, 5) is 22.7. The highest BCUT2D eigenvalue weighted by molar-refractivity contribution is 5.93. The third kappa shape index (κ3) is 10.1. The first-order valence-electron chi connectivity index (χ1n) is 10.4. The van der Waals surface area contributed by atoms with E-state index in [1.165, 1.54) is 32.3 Å². The average Bonchev–Trinajstić information content (AvgIpc) is 2.65. The predicted octanol–water partition coefficient (Wildman–Crippen LogP) is 6.50. The number of rotatable bonds is 14. The molecule has 0 spiro atoms. The van der Waals surface area contributed by atoms with E-state index < -0.39 is 11.9 Å². The molecule has 0 saturated carbocycles. The van der Waals surface area contributed by atoms with Crippen LogP contribution in [0.3, 0.4) is 0 Å². The van der Waals surface area contributed by atoms with Gasteiger partial charge in [-0.3, -0.25) is 4.79 Å². The van der Waals surface area contributed by atoms with Crippen LogP contribution in [0, 0.1) is 0 Å². The van der Waals surface area contributed by atoms with E-state index in [4.69, 9.17) is 4.74 Å². The van der Waals surface area contributed by atoms with Crippen LogP contribution >= 0.6 is 0 Å². The van der Waals surface area contributed by atoms with Gasteiger partial charge in [0.15, 0.2) is 0 Å². The standard InChI is InChI=1S/C24H34O4/c1-3-4-5-6-7-8-9-10-11-12-13-14-15-17-21-18-16-19-22(28-20(2)25)23(21)24(26)27/h5-6,8-9,16,18-19H,3-4,7,10-15,17H2,1-2H3,(H,26,27)/b6-5-,9-8-. The third-order valence-corrected chi connectivity index (χ3v) is 4.46. The molecule has 1 rings (SSSR count). The molecule has 1 aromatic carbocycles. The fourth-order valence-electron chi connectivity index (χ4n) is 3.05. The summed E-state index contributed by atoms with van der Waals surface area (Å²) in [5.74, 6) is -1.43. The number of carboxylic acid groups (broad SMARTS) is 1. The van der Waals surface area contributed by atoms with Crippen LogP contribution in [0.2, 0.25) is 0 Å². The highest BCUT2D eigenvalue weighted by Gasteiger charge is 2.17. The van der Waals surface area contributed by atoms with Crippen molar-refractivity contribution in [1.29, 1.82) is 0 Å². The van der Waals surface area contributed by atoms with E-state index in [1.807, 2.05) is 0 Å². The van der Waals surface area contributed by atoms with E-state index in [0.29, 0.717) is 6.42 Å². The number of carbonyl (C=O) groups is 2. The molecule has 0 unspecified atom stereocenters. The summed E-state index contributed by atoms with van der Waals surface area (Å²) in [6.45, 7) is 3.46. The number of hydrogen-bond acceptors (Lipinski definition) is 3. The van der Waals surface area contributed by atoms with Crippen molar-refractivity contribution in [3.63, 3.8) is 0 Å². The van der Waals surface area contributed by atoms with Gasteiger partial charge in [-0.25, -0.2) is 4.79 Å². The SMILES string of the molecule is CCC/C=C\C/C=C\CCCCCCCc1cccc(OC(C)=O)c1C(=O)O. The van der Waals surface area contributed by atoms with Gasteiger partial charge in [-0.1, -0.05) is 69.0 Å². The van der Waals surface area contributed by atoms with Gasteiger partial charge < -0.3 is 9.84 Å². The van der Waals surface area contributed by atoms with Crippen LogP contribution in [-0.2, 0) is 11.2 Å². The Morgan fingerprint density at radius 2 is 1.64 bits per heavy atom. The molecule has 0 atom stereocenters. The summed E-state index contributed by atoms with van der Waals surface area (Å²) in [5.41, 5.74) is 0.834. The Morgan fingerprint density at radius 3 is 2.32 bits per heavy atom. The normalized spacial score (nSPS) is 11.4. The minimum absolute atomic E-state index is 0.107. The molecule has 0 heterocycles. The average molecular weight is 387 g/mol. The molecule has 0 aliphatic rings. The summed E-state index contributed by atoms with van der Waals surface area (Å²) >= 11 is 0. The molecule has 4 heteroatoms. The van der Waals surface area contributed by atoms with E-state index in [9.17, 15) is 14.7 Å². The molecule has 0 fully saturated rings. The number of allylic oxidation sites excluding steroid dienone is 4. The van der Waals surface area contributed by atoms with Crippen molar-refractivity contribution in [3.05, 3.63) is 53.6 Å². The van der Waals surface area contributed by atoms with Crippen LogP contribution < -0.4 is 4.74 Å². The molecule has 1 aromatic rings. The number of aromatic carboxylic acids is 1. The van der Waals surface area contributed by atoms with Crippen molar-refractivity contribution < 1.29 is 19.4 Å². The zero-order valence-corrected chi connectivity index (χ0v) is 17.3. The second-order valence-corrected chi connectivity index (χ2v) is 6.96. The summed E-state index contributed by atoms with van der Waals surface area (Å²) in [5, 5.41) is 9.46. The van der Waals surface area contributed by atoms with Crippen LogP contribution in [0.4, 0.5) is 0 Å². The first-order chi connectivity index (χ1) is 13.6. The van der Waals surface area contributed by atoms with Gasteiger partial charge in [-0.2, -0.15) is 0 Å². The Hall–Kier alpha value is -2.36. The molecular formula is C24H34O4. The molecular weight excluding hydrogens is 352 g/mol. The maximum absolute atomic E-state index is 11.6. The molecule has 28 heavy (non-hydrogen) atoms. The lowest BCUT2D eigenvalue weighted by molar-refractivity contribution is -0.131. The molecule has 0 aliphatic heterocycles. The van der Waals surface area contributed by atoms with Gasteiger partial charge in [-0.15, -0.1) is 0 Å². The van der Waals surface area contributed by atoms with Gasteiger partial charge in [0.05, 0.1) is 0 Å². The zero-order chi connectivity index (χ0) is 20.6. The van der Waals surface area contributed by atoms with Crippen molar-refractivity contribution >= 4 is 11.9 Å². The van der Waals surface area contributed by atoms with E-state index in [1.54, 1.807) is 12.1 Å². The lowest BCUT2D eigenvalue weighted by Gasteiger charge is -2.11. The van der Waals surface area contributed by atoms with Crippen molar-refractivity contribution in [2.75, 3.05) is 0 Å². The quantitative estimate of drug-likeness (QED) is 0.172. The topological polar surface area (TPSA) is 63.6 Å². The fraction of sp³-hybridized carbons (Fsp3) is 0.500. The van der Waals surface area contributed by atoms with Crippen LogP contribution in [0.15, 0.2) is 42.5 Å². The monoisotopic (exact) mass is 386 g/mol. The number of aryl methyl sites for hydroxylation is 1. The molecule has 0 aliphatic carbocycles. The highest BCUT2D eigenvalue weighted by Crippen LogP contribution is 2.24. The maximum atomic E-state index is 11.6. The molecule has 0 radical (unpaired) electrons. The molecule has 0 amide bonds. The van der Waals surface area contributed by atoms with Gasteiger partial charge in [0.2, 0.25) is 0 Å². The van der Waals surface area contributed by atoms with Crippen molar-refractivity contribution in [2.24, 2.45) is 0 Å². The maximum Gasteiger partial charge on any atom is 0.339 e. The number of carbonyl (C=O) groups excluding carboxylic acids is 1. The number of hydrogen-bond donors (Lipinski definition) is 1. The summed E-state index contributed by atoms with van der Waals surface area (Å²) < 4.78 is 5.04. The fourth-order valence-corrected chi connectivity index (χ4v) is 3.05. The third-order valence-electron chi connectivity index (χ3n) is 4.46. The lowest BCUT2D eigenvalue weighted by Crippen LogP contribution is -2.10. The minimum Gasteiger partial charge on any atom is -0.478 e. The number of benzene rings is 1. The van der Waals surface area contributed by atoms with Crippen molar-refractivity contribution in [2.45, 2.75) is 78.1 Å². The van der Waals surface area contributed by atoms with Gasteiger partial charge in [0, 0.05) is 6.92 Å². The number of ether oxygens (including phenoxy) is 1. The highest BCUT2D eigenvalue weighted by atomic mass is 16.5. The predicted molar refractivity (Wildman–Crippen MR) is 114 cm³/mol. The van der Waals surface area contributed by atoms with Crippen molar-refractivity contribution in [1.82, 2.24) is 0 Å². The summed E-state index contributed by atoms with van der Waals surface area (Å²) in [6, 6.07) is 5.07. The van der Waals surface area contributed by atoms with Crippen molar-refractivity contribution in [3.8, 4) is 5.75 Å². The molecule has 0 aromatic heterocycles. The van der Waals surface area contributed by atoms with Crippen LogP contribution in [-0.4, -0.2) is 17.0 Å². The number of esters is 1. The Kier molecular flexibility index (Phi) is 12.4. The summed E-state index contributed by atoms with van der Waals surface area (Å²) in [6.07, 6.45) is 19.7. The van der Waals surface area contributed by atoms with Gasteiger partial charge in [0.25, 0.3) is 0 Å². The Balaban J connectivity index is 2.27. The molecule has 1 N–H and O–H groups in total. The van der Waals surface area contributed by atoms with Gasteiger partial charge in [-0.05, 0) is 50.2 Å². The number of carboxylic acids is 1. The molecule has 154 valence electrons. The van der Waals surface area contributed by atoms with Crippen LogP contribution in [0.1, 0.15) is 87.6 Å². The smallest absolute Gasteiger partial charge is 0.339 e. The number of unbranched alkanes of at least 4 members (excludes halogenated alkanes) is 6. The molecule has 4 nitrogen and oxygen atoms in total. The van der Waals surface area contributed by atoms with Gasteiger partial charge >= 0.3 is 11.9 Å². The molecule has 0 saturated heterocycles. The molecule has 0 bridgehead atoms. The zero-order valence-electron chi connectivity index (χ0n) is 17.3. The Labute approximate surface area is 169 Å². The minimum atomic E-state index is -1.05. The Bertz CT molecular complexity index is 659. The van der Waals surface area contributed by atoms with E-state index in [2.05, 4.69) is 31.2 Å². The second kappa shape index (κ2) is 14.7. The van der Waals surface area contributed by atoms with Crippen LogP contribution in [0.25, 0.3) is 0 Å². The van der Waals surface area contributed by atoms with E-state index >= 15 is 0 Å². The van der Waals surface area contributed by atoms with E-state index in [-0.39, 0.29) is 11.3 Å². The van der Waals surface area contributed by atoms with E-state index in [0.717, 1.165) is 44.1 Å². The first-order valence-corrected chi connectivity index (χ1v) is 10.4. The second-order valence-electron chi connectivity index (χ2n) is 6.96. The van der Waals surface area contributed by atoms with Crippen LogP contribution in [0.5, 0.6) is 5.75 Å². The van der Waals surface area contributed by atoms with Gasteiger partial charge in [0.1, 0.15) is 11.3 Å². The Morgan fingerprint density at radius 1 is 0.964 bits per heavy atom.